The van der Waals surface area contributed by atoms with Crippen molar-refractivity contribution in [1.29, 1.82) is 0 Å². The minimum Gasteiger partial charge on any atom is -0.370 e. The van der Waals surface area contributed by atoms with Crippen molar-refractivity contribution in [2.24, 2.45) is 53.1 Å². The van der Waals surface area contributed by atoms with Gasteiger partial charge in [0.2, 0.25) is 5.91 Å². The quantitative estimate of drug-likeness (QED) is 0.574. The molecule has 17 heavy (non-hydrogen) atoms. The van der Waals surface area contributed by atoms with Gasteiger partial charge in [-0.1, -0.05) is 19.1 Å². The minimum absolute atomic E-state index is 0.0929. The normalized spacial score (nSPS) is 57.7. The van der Waals surface area contributed by atoms with E-state index in [1.807, 2.05) is 0 Å². The molecule has 0 aromatic carbocycles. The summed E-state index contributed by atoms with van der Waals surface area (Å²) in [4.78, 5) is 11.2. The highest BCUT2D eigenvalue weighted by Crippen LogP contribution is 2.68. The molecular weight excluding hydrogens is 210 g/mol. The van der Waals surface area contributed by atoms with Gasteiger partial charge in [-0.15, -0.1) is 0 Å². The summed E-state index contributed by atoms with van der Waals surface area (Å²) in [6.07, 6.45) is 8.34. The van der Waals surface area contributed by atoms with E-state index in [0.717, 1.165) is 41.4 Å². The number of fused-ring (bicyclic) bond motifs is 9. The van der Waals surface area contributed by atoms with E-state index in [1.165, 1.54) is 12.8 Å². The lowest BCUT2D eigenvalue weighted by Gasteiger charge is -2.40. The average Bonchev–Trinajstić information content (AvgIpc) is 2.97. The van der Waals surface area contributed by atoms with E-state index >= 15 is 0 Å². The number of carbonyl (C=O) groups is 1. The zero-order valence-corrected chi connectivity index (χ0v) is 10.4. The first-order valence-electron chi connectivity index (χ1n) is 7.13. The molecule has 4 aliphatic rings. The molecule has 2 N–H and O–H groups in total. The summed E-state index contributed by atoms with van der Waals surface area (Å²) in [7, 11) is 0. The van der Waals surface area contributed by atoms with Crippen molar-refractivity contribution in [2.45, 2.75) is 26.2 Å². The van der Waals surface area contributed by atoms with Crippen molar-refractivity contribution in [3.63, 3.8) is 0 Å². The predicted molar refractivity (Wildman–Crippen MR) is 65.8 cm³/mol. The van der Waals surface area contributed by atoms with Gasteiger partial charge in [0.05, 0.1) is 0 Å². The predicted octanol–water partition coefficient (Wildman–Crippen LogP) is 2.20. The van der Waals surface area contributed by atoms with Crippen molar-refractivity contribution in [3.8, 4) is 0 Å². The number of rotatable bonds is 2. The fourth-order valence-corrected chi connectivity index (χ4v) is 6.04. The number of amides is 1. The number of nitrogens with two attached hydrogens (primary N) is 1. The van der Waals surface area contributed by atoms with E-state index in [0.29, 0.717) is 12.3 Å². The Morgan fingerprint density at radius 1 is 1.18 bits per heavy atom. The van der Waals surface area contributed by atoms with Gasteiger partial charge in [0.25, 0.3) is 0 Å². The van der Waals surface area contributed by atoms with Crippen LogP contribution in [0.1, 0.15) is 26.2 Å². The molecule has 92 valence electrons. The fraction of sp³-hybridized carbons (Fsp3) is 0.800. The molecule has 2 heteroatoms. The Hall–Kier alpha value is -0.790. The van der Waals surface area contributed by atoms with E-state index < -0.39 is 0 Å². The molecule has 8 atom stereocenters. The van der Waals surface area contributed by atoms with Gasteiger partial charge in [0, 0.05) is 6.42 Å². The van der Waals surface area contributed by atoms with E-state index in [4.69, 9.17) is 5.73 Å². The van der Waals surface area contributed by atoms with Crippen LogP contribution in [0, 0.1) is 47.3 Å². The lowest BCUT2D eigenvalue weighted by Crippen LogP contribution is -2.37. The van der Waals surface area contributed by atoms with Crippen molar-refractivity contribution in [2.75, 3.05) is 0 Å². The van der Waals surface area contributed by atoms with Gasteiger partial charge in [-0.2, -0.15) is 0 Å². The summed E-state index contributed by atoms with van der Waals surface area (Å²) in [5.41, 5.74) is 5.43. The third-order valence-electron chi connectivity index (χ3n) is 6.45. The van der Waals surface area contributed by atoms with Crippen molar-refractivity contribution in [1.82, 2.24) is 0 Å². The molecule has 0 spiro atoms. The summed E-state index contributed by atoms with van der Waals surface area (Å²) < 4.78 is 0. The smallest absolute Gasteiger partial charge is 0.217 e. The molecular formula is C15H21NO. The average molecular weight is 231 g/mol. The van der Waals surface area contributed by atoms with Gasteiger partial charge < -0.3 is 5.73 Å². The first kappa shape index (κ1) is 10.2. The number of allylic oxidation sites excluding steroid dienone is 2. The number of carbonyl (C=O) groups excluding carboxylic acids is 1. The Bertz CT molecular complexity index is 402. The molecule has 0 heterocycles. The zero-order valence-electron chi connectivity index (χ0n) is 10.4. The van der Waals surface area contributed by atoms with Crippen LogP contribution in [0.25, 0.3) is 0 Å². The van der Waals surface area contributed by atoms with Crippen LogP contribution >= 0.6 is 0 Å². The van der Waals surface area contributed by atoms with Gasteiger partial charge in [0.15, 0.2) is 0 Å². The highest BCUT2D eigenvalue weighted by molar-refractivity contribution is 5.74. The van der Waals surface area contributed by atoms with E-state index in [1.54, 1.807) is 0 Å². The monoisotopic (exact) mass is 231 g/mol. The van der Waals surface area contributed by atoms with Crippen molar-refractivity contribution in [3.05, 3.63) is 12.2 Å². The van der Waals surface area contributed by atoms with Gasteiger partial charge in [-0.3, -0.25) is 4.79 Å². The van der Waals surface area contributed by atoms with Crippen LogP contribution in [0.2, 0.25) is 0 Å². The molecule has 3 fully saturated rings. The lowest BCUT2D eigenvalue weighted by molar-refractivity contribution is -0.120. The van der Waals surface area contributed by atoms with Crippen LogP contribution in [0.5, 0.6) is 0 Å². The molecule has 2 nitrogen and oxygen atoms in total. The van der Waals surface area contributed by atoms with Gasteiger partial charge >= 0.3 is 0 Å². The van der Waals surface area contributed by atoms with Gasteiger partial charge in [-0.25, -0.2) is 0 Å². The van der Waals surface area contributed by atoms with Gasteiger partial charge in [0.1, 0.15) is 0 Å². The second kappa shape index (κ2) is 3.15. The molecule has 4 rings (SSSR count). The largest absolute Gasteiger partial charge is 0.370 e. The zero-order chi connectivity index (χ0) is 11.7. The standard InChI is InChI=1S/C15H21NO/c1-7-10(6-13(16)17)12-5-11(7)14-8-2-3-9(4-8)15(12)14/h2-3,7-12,14-15H,4-6H2,1H3,(H2,16,17). The Labute approximate surface area is 103 Å². The summed E-state index contributed by atoms with van der Waals surface area (Å²) in [5.74, 6) is 6.46. The minimum atomic E-state index is -0.0929. The maximum absolute atomic E-state index is 11.2. The van der Waals surface area contributed by atoms with Crippen molar-refractivity contribution < 1.29 is 4.79 Å². The van der Waals surface area contributed by atoms with E-state index in [2.05, 4.69) is 19.1 Å². The van der Waals surface area contributed by atoms with Crippen LogP contribution in [-0.2, 0) is 4.79 Å². The third kappa shape index (κ3) is 1.14. The lowest BCUT2D eigenvalue weighted by atomic mass is 9.64. The summed E-state index contributed by atoms with van der Waals surface area (Å²) in [6, 6.07) is 0. The molecule has 1 amide bonds. The third-order valence-corrected chi connectivity index (χ3v) is 6.45. The number of hydrogen-bond acceptors (Lipinski definition) is 1. The van der Waals surface area contributed by atoms with Crippen molar-refractivity contribution >= 4 is 5.91 Å². The molecule has 0 aromatic rings. The Kier molecular flexibility index (Phi) is 1.88. The second-order valence-corrected chi connectivity index (χ2v) is 6.86. The summed E-state index contributed by atoms with van der Waals surface area (Å²) >= 11 is 0. The highest BCUT2D eigenvalue weighted by Gasteiger charge is 2.63. The molecule has 4 bridgehead atoms. The Morgan fingerprint density at radius 2 is 1.82 bits per heavy atom. The second-order valence-electron chi connectivity index (χ2n) is 6.86. The topological polar surface area (TPSA) is 43.1 Å². The van der Waals surface area contributed by atoms with E-state index in [-0.39, 0.29) is 5.91 Å². The number of primary amides is 1. The molecule has 0 aromatic heterocycles. The number of hydrogen-bond donors (Lipinski definition) is 1. The first-order valence-corrected chi connectivity index (χ1v) is 7.13. The van der Waals surface area contributed by atoms with Crippen LogP contribution in [0.3, 0.4) is 0 Å². The summed E-state index contributed by atoms with van der Waals surface area (Å²) in [6.45, 7) is 2.37. The maximum Gasteiger partial charge on any atom is 0.217 e. The molecule has 3 saturated carbocycles. The van der Waals surface area contributed by atoms with Crippen LogP contribution < -0.4 is 5.73 Å². The Morgan fingerprint density at radius 3 is 2.47 bits per heavy atom. The Balaban J connectivity index is 1.65. The molecule has 8 unspecified atom stereocenters. The fourth-order valence-electron chi connectivity index (χ4n) is 6.04. The maximum atomic E-state index is 11.2. The van der Waals surface area contributed by atoms with Crippen LogP contribution in [-0.4, -0.2) is 5.91 Å². The molecule has 4 aliphatic carbocycles. The SMILES string of the molecule is CC1C(CC(N)=O)C2CC1C1C3C=CC(C3)C21. The molecule has 0 radical (unpaired) electrons. The van der Waals surface area contributed by atoms with Crippen LogP contribution in [0.4, 0.5) is 0 Å². The highest BCUT2D eigenvalue weighted by atomic mass is 16.1. The molecule has 0 aliphatic heterocycles. The first-order chi connectivity index (χ1) is 8.16. The van der Waals surface area contributed by atoms with E-state index in [9.17, 15) is 4.79 Å². The van der Waals surface area contributed by atoms with Gasteiger partial charge in [-0.05, 0) is 60.2 Å². The molecule has 0 saturated heterocycles. The van der Waals surface area contributed by atoms with Crippen LogP contribution in [0.15, 0.2) is 12.2 Å². The summed E-state index contributed by atoms with van der Waals surface area (Å²) in [5, 5.41) is 0.